The molecule has 0 aliphatic carbocycles. The molecular formula is C46H38Cl6N10O2S2. The van der Waals surface area contributed by atoms with E-state index >= 15 is 0 Å². The van der Waals surface area contributed by atoms with E-state index in [1.165, 1.54) is 12.2 Å². The van der Waals surface area contributed by atoms with Crippen molar-refractivity contribution in [1.82, 2.24) is 40.4 Å². The normalized spacial score (nSPS) is 16.1. The first-order valence-electron chi connectivity index (χ1n) is 20.5. The molecule has 2 fully saturated rings. The SMILES string of the molecule is O=C(/C=C/c1cc(-c2ccnc3c(N4CCCN(C(NC(=O)/C=C/c5cccnc5)C(Cl)(Cl)Cl)C4=S)cccc23)ccn1)NC(N1CCCN(c2cccc3cccnc23)C1=S)C(Cl)(Cl)Cl. The third-order valence-electron chi connectivity index (χ3n) is 10.9. The molecule has 12 nitrogen and oxygen atoms in total. The molecule has 338 valence electrons. The Kier molecular flexibility index (Phi) is 14.8. The lowest BCUT2D eigenvalue weighted by Gasteiger charge is -2.44. The average molecular weight is 1040 g/mol. The molecule has 2 atom stereocenters. The van der Waals surface area contributed by atoms with Gasteiger partial charge in [0.05, 0.1) is 28.1 Å². The summed E-state index contributed by atoms with van der Waals surface area (Å²) in [7, 11) is 0. The van der Waals surface area contributed by atoms with E-state index in [9.17, 15) is 9.59 Å². The Hall–Kier alpha value is -4.90. The van der Waals surface area contributed by atoms with Gasteiger partial charge in [0.2, 0.25) is 19.4 Å². The number of pyridine rings is 4. The van der Waals surface area contributed by atoms with Crippen LogP contribution in [0, 0.1) is 0 Å². The lowest BCUT2D eigenvalue weighted by molar-refractivity contribution is -0.118. The van der Waals surface area contributed by atoms with Crippen molar-refractivity contribution < 1.29 is 9.59 Å². The third-order valence-corrected chi connectivity index (χ3v) is 13.0. The molecule has 2 aromatic carbocycles. The van der Waals surface area contributed by atoms with Crippen molar-refractivity contribution in [2.45, 2.75) is 32.8 Å². The van der Waals surface area contributed by atoms with Crippen LogP contribution in [0.1, 0.15) is 24.1 Å². The zero-order chi connectivity index (χ0) is 46.6. The maximum Gasteiger partial charge on any atom is 0.245 e. The van der Waals surface area contributed by atoms with Crippen LogP contribution in [0.5, 0.6) is 0 Å². The van der Waals surface area contributed by atoms with Crippen LogP contribution in [0.15, 0.2) is 122 Å². The number of nitrogens with zero attached hydrogens (tertiary/aromatic N) is 8. The highest BCUT2D eigenvalue weighted by Gasteiger charge is 2.43. The van der Waals surface area contributed by atoms with E-state index in [1.54, 1.807) is 59.0 Å². The van der Waals surface area contributed by atoms with E-state index in [-0.39, 0.29) is 0 Å². The lowest BCUT2D eigenvalue weighted by atomic mass is 10.0. The van der Waals surface area contributed by atoms with Gasteiger partial charge in [-0.2, -0.15) is 0 Å². The Balaban J connectivity index is 0.993. The van der Waals surface area contributed by atoms with Gasteiger partial charge < -0.3 is 30.2 Å². The van der Waals surface area contributed by atoms with Crippen LogP contribution in [-0.4, -0.2) is 97.9 Å². The number of alkyl halides is 6. The Morgan fingerprint density at radius 3 is 1.85 bits per heavy atom. The molecule has 0 radical (unpaired) electrons. The van der Waals surface area contributed by atoms with E-state index in [4.69, 9.17) is 99.0 Å². The van der Waals surface area contributed by atoms with Gasteiger partial charge in [-0.05, 0) is 109 Å². The summed E-state index contributed by atoms with van der Waals surface area (Å²) >= 11 is 51.1. The highest BCUT2D eigenvalue weighted by atomic mass is 35.6. The molecule has 6 heterocycles. The number of para-hydroxylation sites is 2. The largest absolute Gasteiger partial charge is 0.328 e. The number of hydrogen-bond acceptors (Lipinski definition) is 8. The minimum Gasteiger partial charge on any atom is -0.328 e. The fourth-order valence-corrected chi connectivity index (χ4v) is 9.71. The van der Waals surface area contributed by atoms with Crippen molar-refractivity contribution >= 4 is 161 Å². The van der Waals surface area contributed by atoms with E-state index in [2.05, 4.69) is 25.6 Å². The number of hydrogen-bond donors (Lipinski definition) is 2. The first-order valence-corrected chi connectivity index (χ1v) is 23.6. The van der Waals surface area contributed by atoms with Gasteiger partial charge in [-0.3, -0.25) is 29.5 Å². The van der Waals surface area contributed by atoms with Crippen molar-refractivity contribution in [3.63, 3.8) is 0 Å². The predicted molar refractivity (Wildman–Crippen MR) is 276 cm³/mol. The Bertz CT molecular complexity index is 2860. The number of rotatable bonds is 11. The average Bonchev–Trinajstić information content (AvgIpc) is 3.31. The van der Waals surface area contributed by atoms with Crippen LogP contribution in [0.2, 0.25) is 0 Å². The number of carbonyl (C=O) groups excluding carboxylic acids is 2. The van der Waals surface area contributed by atoms with Crippen molar-refractivity contribution in [2.75, 3.05) is 36.0 Å². The third kappa shape index (κ3) is 10.8. The first kappa shape index (κ1) is 47.6. The van der Waals surface area contributed by atoms with Gasteiger partial charge in [0, 0.05) is 80.1 Å². The second kappa shape index (κ2) is 20.5. The second-order valence-corrected chi connectivity index (χ2v) is 20.6. The molecule has 66 heavy (non-hydrogen) atoms. The number of amides is 2. The van der Waals surface area contributed by atoms with Crippen LogP contribution >= 0.6 is 94.0 Å². The molecule has 0 saturated carbocycles. The van der Waals surface area contributed by atoms with Crippen molar-refractivity contribution in [3.05, 3.63) is 133 Å². The summed E-state index contributed by atoms with van der Waals surface area (Å²) in [5, 5.41) is 8.22. The van der Waals surface area contributed by atoms with Gasteiger partial charge in [-0.1, -0.05) is 106 Å². The fraction of sp³-hybridized carbons (Fsp3) is 0.217. The summed E-state index contributed by atoms with van der Waals surface area (Å²) in [5.41, 5.74) is 5.92. The number of anilines is 2. The molecule has 8 rings (SSSR count). The summed E-state index contributed by atoms with van der Waals surface area (Å²) in [5.74, 6) is -0.996. The Morgan fingerprint density at radius 1 is 0.636 bits per heavy atom. The first-order chi connectivity index (χ1) is 31.7. The number of benzene rings is 2. The van der Waals surface area contributed by atoms with Gasteiger partial charge in [0.1, 0.15) is 0 Å². The zero-order valence-electron chi connectivity index (χ0n) is 34.6. The molecule has 2 saturated heterocycles. The number of nitrogens with one attached hydrogen (secondary N) is 2. The van der Waals surface area contributed by atoms with Crippen LogP contribution < -0.4 is 20.4 Å². The van der Waals surface area contributed by atoms with E-state index in [1.807, 2.05) is 82.6 Å². The molecule has 20 heteroatoms. The van der Waals surface area contributed by atoms with Crippen molar-refractivity contribution in [3.8, 4) is 11.1 Å². The highest BCUT2D eigenvalue weighted by molar-refractivity contribution is 7.80. The monoisotopic (exact) mass is 1040 g/mol. The van der Waals surface area contributed by atoms with Gasteiger partial charge in [-0.25, -0.2) is 0 Å². The molecule has 2 N–H and O–H groups in total. The molecule has 0 spiro atoms. The number of carbonyl (C=O) groups is 2. The molecule has 2 amide bonds. The van der Waals surface area contributed by atoms with Gasteiger partial charge in [0.25, 0.3) is 0 Å². The maximum absolute atomic E-state index is 13.6. The van der Waals surface area contributed by atoms with E-state index in [0.717, 1.165) is 44.4 Å². The standard InChI is InChI=1S/C46H38Cl6N10O2S2/c47-45(48,49)41(57-37(63)15-13-29-7-3-19-53-28-29)62-26-6-24-60(44(62)66)36-12-2-10-34-33(18-22-56-40(34)36)31-17-21-54-32(27-31)14-16-38(64)58-42(46(50,51)52)61-25-5-23-59(43(61)65)35-11-1-8-30-9-4-20-55-39(30)35/h1-4,7-22,27-28,41-42H,5-6,23-26H2,(H,57,63)(H,58,64)/b15-13+,16-14+. The summed E-state index contributed by atoms with van der Waals surface area (Å²) < 4.78 is -3.88. The van der Waals surface area contributed by atoms with Crippen molar-refractivity contribution in [2.24, 2.45) is 0 Å². The summed E-state index contributed by atoms with van der Waals surface area (Å²) in [6, 6.07) is 24.8. The molecular weight excluding hydrogens is 1000 g/mol. The molecule has 4 aromatic heterocycles. The van der Waals surface area contributed by atoms with Crippen LogP contribution in [0.25, 0.3) is 45.1 Å². The molecule has 2 aliphatic rings. The number of aromatic nitrogens is 4. The second-order valence-electron chi connectivity index (χ2n) is 15.2. The topological polar surface area (TPSA) is 123 Å². The quantitative estimate of drug-likeness (QED) is 0.0730. The van der Waals surface area contributed by atoms with Gasteiger partial charge in [-0.15, -0.1) is 0 Å². The van der Waals surface area contributed by atoms with Crippen molar-refractivity contribution in [1.29, 1.82) is 0 Å². The Morgan fingerprint density at radius 2 is 1.21 bits per heavy atom. The van der Waals surface area contributed by atoms with Crippen LogP contribution in [-0.2, 0) is 9.59 Å². The maximum atomic E-state index is 13.6. The lowest BCUT2D eigenvalue weighted by Crippen LogP contribution is -2.62. The van der Waals surface area contributed by atoms with E-state index < -0.39 is 31.7 Å². The molecule has 2 unspecified atom stereocenters. The number of halogens is 6. The van der Waals surface area contributed by atoms with Crippen LogP contribution in [0.4, 0.5) is 11.4 Å². The van der Waals surface area contributed by atoms with Gasteiger partial charge >= 0.3 is 0 Å². The molecule has 0 bridgehead atoms. The highest BCUT2D eigenvalue weighted by Crippen LogP contribution is 2.39. The summed E-state index contributed by atoms with van der Waals surface area (Å²) in [6.07, 6.45) is 13.4. The minimum absolute atomic E-state index is 0.349. The number of fused-ring (bicyclic) bond motifs is 2. The smallest absolute Gasteiger partial charge is 0.245 e. The van der Waals surface area contributed by atoms with Crippen LogP contribution in [0.3, 0.4) is 0 Å². The molecule has 2 aliphatic heterocycles. The summed E-state index contributed by atoms with van der Waals surface area (Å²) in [4.78, 5) is 51.9. The minimum atomic E-state index is -1.94. The van der Waals surface area contributed by atoms with E-state index in [0.29, 0.717) is 60.5 Å². The summed E-state index contributed by atoms with van der Waals surface area (Å²) in [6.45, 7) is 2.05. The van der Waals surface area contributed by atoms with Gasteiger partial charge in [0.15, 0.2) is 22.6 Å². The Labute approximate surface area is 421 Å². The predicted octanol–water partition coefficient (Wildman–Crippen LogP) is 9.89. The molecule has 6 aromatic rings. The fourth-order valence-electron chi connectivity index (χ4n) is 7.91. The number of thiocarbonyl (C=S) groups is 2. The zero-order valence-corrected chi connectivity index (χ0v) is 40.7.